The van der Waals surface area contributed by atoms with E-state index in [4.69, 9.17) is 5.11 Å². The minimum absolute atomic E-state index is 0.146. The molecule has 1 aromatic carbocycles. The quantitative estimate of drug-likeness (QED) is 0.899. The van der Waals surface area contributed by atoms with Gasteiger partial charge in [0.2, 0.25) is 0 Å². The number of carboxylic acids is 1. The molecule has 0 aliphatic carbocycles. The number of rotatable bonds is 3. The molecule has 1 aromatic rings. The first-order valence-electron chi connectivity index (χ1n) is 5.57. The number of likely N-dealkylation sites (N-methyl/N-ethyl adjacent to an activating group) is 1. The zero-order valence-electron chi connectivity index (χ0n) is 10.7. The van der Waals surface area contributed by atoms with Crippen LogP contribution in [0.5, 0.6) is 0 Å². The number of amides is 2. The Bertz CT molecular complexity index is 500. The SMILES string of the molecule is CC(C(=O)O)N(C)C(=O)Nc1ccc(C(F)(F)F)cc1. The minimum atomic E-state index is -4.45. The molecule has 110 valence electrons. The van der Waals surface area contributed by atoms with Gasteiger partial charge in [-0.05, 0) is 31.2 Å². The zero-order chi connectivity index (χ0) is 15.5. The molecule has 0 fully saturated rings. The van der Waals surface area contributed by atoms with Gasteiger partial charge in [-0.1, -0.05) is 0 Å². The van der Waals surface area contributed by atoms with Crippen molar-refractivity contribution in [1.82, 2.24) is 4.90 Å². The molecule has 0 aliphatic heterocycles. The van der Waals surface area contributed by atoms with Gasteiger partial charge in [-0.2, -0.15) is 13.2 Å². The highest BCUT2D eigenvalue weighted by atomic mass is 19.4. The van der Waals surface area contributed by atoms with Crippen molar-refractivity contribution in [3.8, 4) is 0 Å². The minimum Gasteiger partial charge on any atom is -0.480 e. The predicted molar refractivity (Wildman–Crippen MR) is 65.3 cm³/mol. The summed E-state index contributed by atoms with van der Waals surface area (Å²) in [5.74, 6) is -1.19. The van der Waals surface area contributed by atoms with Gasteiger partial charge in [0.05, 0.1) is 5.56 Å². The Morgan fingerprint density at radius 2 is 1.75 bits per heavy atom. The van der Waals surface area contributed by atoms with Gasteiger partial charge in [0.25, 0.3) is 0 Å². The van der Waals surface area contributed by atoms with E-state index < -0.39 is 29.8 Å². The predicted octanol–water partition coefficient (Wildman–Crippen LogP) is 2.64. The Morgan fingerprint density at radius 3 is 2.15 bits per heavy atom. The Hall–Kier alpha value is -2.25. The molecule has 0 saturated carbocycles. The molecule has 8 heteroatoms. The van der Waals surface area contributed by atoms with Crippen LogP contribution in [0.4, 0.5) is 23.7 Å². The molecule has 0 aromatic heterocycles. The molecular weight excluding hydrogens is 277 g/mol. The van der Waals surface area contributed by atoms with Crippen molar-refractivity contribution in [2.75, 3.05) is 12.4 Å². The van der Waals surface area contributed by atoms with Gasteiger partial charge in [0, 0.05) is 12.7 Å². The maximum atomic E-state index is 12.3. The van der Waals surface area contributed by atoms with Crippen LogP contribution in [0.3, 0.4) is 0 Å². The van der Waals surface area contributed by atoms with E-state index in [0.29, 0.717) is 0 Å². The van der Waals surface area contributed by atoms with Crippen LogP contribution in [-0.4, -0.2) is 35.1 Å². The van der Waals surface area contributed by atoms with Crippen LogP contribution in [0.15, 0.2) is 24.3 Å². The van der Waals surface area contributed by atoms with Crippen LogP contribution in [0, 0.1) is 0 Å². The van der Waals surface area contributed by atoms with Gasteiger partial charge in [-0.3, -0.25) is 0 Å². The number of benzene rings is 1. The van der Waals surface area contributed by atoms with Gasteiger partial charge in [-0.15, -0.1) is 0 Å². The van der Waals surface area contributed by atoms with Crippen molar-refractivity contribution in [2.24, 2.45) is 0 Å². The van der Waals surface area contributed by atoms with E-state index in [9.17, 15) is 22.8 Å². The Labute approximate surface area is 113 Å². The first-order valence-corrected chi connectivity index (χ1v) is 5.57. The molecule has 0 heterocycles. The number of aliphatic carboxylic acids is 1. The average Bonchev–Trinajstić information content (AvgIpc) is 2.36. The molecule has 20 heavy (non-hydrogen) atoms. The summed E-state index contributed by atoms with van der Waals surface area (Å²) in [6.07, 6.45) is -4.45. The standard InChI is InChI=1S/C12H13F3N2O3/c1-7(10(18)19)17(2)11(20)16-9-5-3-8(4-6-9)12(13,14)15/h3-7H,1-2H3,(H,16,20)(H,18,19). The largest absolute Gasteiger partial charge is 0.480 e. The highest BCUT2D eigenvalue weighted by Crippen LogP contribution is 2.29. The van der Waals surface area contributed by atoms with E-state index in [-0.39, 0.29) is 5.69 Å². The maximum absolute atomic E-state index is 12.3. The Kier molecular flexibility index (Phi) is 4.59. The van der Waals surface area contributed by atoms with Gasteiger partial charge in [0.15, 0.2) is 0 Å². The third-order valence-corrected chi connectivity index (χ3v) is 2.72. The van der Waals surface area contributed by atoms with E-state index in [1.165, 1.54) is 14.0 Å². The average molecular weight is 290 g/mol. The third kappa shape index (κ3) is 3.87. The molecule has 5 nitrogen and oxygen atoms in total. The van der Waals surface area contributed by atoms with Crippen molar-refractivity contribution < 1.29 is 27.9 Å². The second-order valence-electron chi connectivity index (χ2n) is 4.13. The van der Waals surface area contributed by atoms with Crippen LogP contribution in [-0.2, 0) is 11.0 Å². The van der Waals surface area contributed by atoms with Gasteiger partial charge < -0.3 is 15.3 Å². The number of alkyl halides is 3. The third-order valence-electron chi connectivity index (χ3n) is 2.72. The number of hydrogen-bond donors (Lipinski definition) is 2. The summed E-state index contributed by atoms with van der Waals surface area (Å²) < 4.78 is 37.0. The number of halogens is 3. The normalized spacial score (nSPS) is 12.7. The molecule has 1 unspecified atom stereocenters. The first kappa shape index (κ1) is 15.8. The molecule has 0 radical (unpaired) electrons. The smallest absolute Gasteiger partial charge is 0.416 e. The molecule has 2 N–H and O–H groups in total. The van der Waals surface area contributed by atoms with Crippen molar-refractivity contribution in [1.29, 1.82) is 0 Å². The summed E-state index contributed by atoms with van der Waals surface area (Å²) in [6, 6.07) is 2.08. The lowest BCUT2D eigenvalue weighted by Gasteiger charge is -2.21. The molecule has 1 atom stereocenters. The summed E-state index contributed by atoms with van der Waals surface area (Å²) in [4.78, 5) is 23.3. The van der Waals surface area contributed by atoms with E-state index in [1.54, 1.807) is 0 Å². The number of nitrogens with zero attached hydrogens (tertiary/aromatic N) is 1. The van der Waals surface area contributed by atoms with Crippen LogP contribution in [0.2, 0.25) is 0 Å². The van der Waals surface area contributed by atoms with Gasteiger partial charge >= 0.3 is 18.2 Å². The van der Waals surface area contributed by atoms with Crippen LogP contribution in [0.1, 0.15) is 12.5 Å². The molecule has 1 rings (SSSR count). The Balaban J connectivity index is 2.74. The molecule has 0 spiro atoms. The topological polar surface area (TPSA) is 69.6 Å². The van der Waals surface area contributed by atoms with Crippen LogP contribution < -0.4 is 5.32 Å². The van der Waals surface area contributed by atoms with Crippen molar-refractivity contribution in [2.45, 2.75) is 19.1 Å². The van der Waals surface area contributed by atoms with E-state index in [1.807, 2.05) is 0 Å². The number of carbonyl (C=O) groups excluding carboxylic acids is 1. The molecular formula is C12H13F3N2O3. The first-order chi connectivity index (χ1) is 9.12. The van der Waals surface area contributed by atoms with Gasteiger partial charge in [-0.25, -0.2) is 9.59 Å². The van der Waals surface area contributed by atoms with Crippen LogP contribution in [0.25, 0.3) is 0 Å². The van der Waals surface area contributed by atoms with Gasteiger partial charge in [0.1, 0.15) is 6.04 Å². The molecule has 0 aliphatic rings. The number of urea groups is 1. The maximum Gasteiger partial charge on any atom is 0.416 e. The lowest BCUT2D eigenvalue weighted by atomic mass is 10.2. The summed E-state index contributed by atoms with van der Waals surface area (Å²) >= 11 is 0. The summed E-state index contributed by atoms with van der Waals surface area (Å²) in [6.45, 7) is 1.31. The number of carbonyl (C=O) groups is 2. The summed E-state index contributed by atoms with van der Waals surface area (Å²) in [5.41, 5.74) is -0.685. The number of hydrogen-bond acceptors (Lipinski definition) is 2. The number of carboxylic acid groups (broad SMARTS) is 1. The fourth-order valence-electron chi connectivity index (χ4n) is 1.30. The lowest BCUT2D eigenvalue weighted by Crippen LogP contribution is -2.42. The molecule has 0 bridgehead atoms. The highest BCUT2D eigenvalue weighted by Gasteiger charge is 2.30. The fraction of sp³-hybridized carbons (Fsp3) is 0.333. The van der Waals surface area contributed by atoms with Crippen molar-refractivity contribution in [3.63, 3.8) is 0 Å². The monoisotopic (exact) mass is 290 g/mol. The van der Waals surface area contributed by atoms with E-state index in [0.717, 1.165) is 29.2 Å². The number of anilines is 1. The van der Waals surface area contributed by atoms with Crippen LogP contribution >= 0.6 is 0 Å². The molecule has 2 amide bonds. The second-order valence-corrected chi connectivity index (χ2v) is 4.13. The molecule has 0 saturated heterocycles. The summed E-state index contributed by atoms with van der Waals surface area (Å²) in [5, 5.41) is 11.1. The summed E-state index contributed by atoms with van der Waals surface area (Å²) in [7, 11) is 1.28. The van der Waals surface area contributed by atoms with Crippen molar-refractivity contribution in [3.05, 3.63) is 29.8 Å². The van der Waals surface area contributed by atoms with E-state index >= 15 is 0 Å². The zero-order valence-corrected chi connectivity index (χ0v) is 10.7. The van der Waals surface area contributed by atoms with E-state index in [2.05, 4.69) is 5.32 Å². The highest BCUT2D eigenvalue weighted by molar-refractivity contribution is 5.92. The second kappa shape index (κ2) is 5.81. The van der Waals surface area contributed by atoms with Crippen molar-refractivity contribution >= 4 is 17.7 Å². The lowest BCUT2D eigenvalue weighted by molar-refractivity contribution is -0.141. The fourth-order valence-corrected chi connectivity index (χ4v) is 1.30. The number of nitrogens with one attached hydrogen (secondary N) is 1. The Morgan fingerprint density at radius 1 is 1.25 bits per heavy atom.